The molecule has 3 heteroatoms. The maximum absolute atomic E-state index is 4.27. The van der Waals surface area contributed by atoms with E-state index in [1.54, 1.807) is 0 Å². The van der Waals surface area contributed by atoms with E-state index in [2.05, 4.69) is 30.5 Å². The lowest BCUT2D eigenvalue weighted by Gasteiger charge is -2.27. The molecule has 84 valence electrons. The van der Waals surface area contributed by atoms with Gasteiger partial charge in [-0.2, -0.15) is 5.10 Å². The summed E-state index contributed by atoms with van der Waals surface area (Å²) < 4.78 is 1.97. The fourth-order valence-electron chi connectivity index (χ4n) is 2.41. The number of nitrogens with one attached hydrogen (secondary N) is 1. The molecule has 0 bridgehead atoms. The Morgan fingerprint density at radius 2 is 2.40 bits per heavy atom. The third-order valence-corrected chi connectivity index (χ3v) is 3.26. The summed E-state index contributed by atoms with van der Waals surface area (Å²) in [6, 6.07) is 0.656. The molecule has 2 atom stereocenters. The topological polar surface area (TPSA) is 29.9 Å². The van der Waals surface area contributed by atoms with Gasteiger partial charge in [0.25, 0.3) is 0 Å². The van der Waals surface area contributed by atoms with Gasteiger partial charge >= 0.3 is 0 Å². The van der Waals surface area contributed by atoms with Crippen molar-refractivity contribution < 1.29 is 0 Å². The average molecular weight is 207 g/mol. The van der Waals surface area contributed by atoms with E-state index in [9.17, 15) is 0 Å². The van der Waals surface area contributed by atoms with Gasteiger partial charge < -0.3 is 5.32 Å². The molecule has 0 aromatic carbocycles. The monoisotopic (exact) mass is 207 g/mol. The molecule has 0 unspecified atom stereocenters. The molecule has 0 aliphatic heterocycles. The van der Waals surface area contributed by atoms with Gasteiger partial charge in [-0.3, -0.25) is 4.68 Å². The molecule has 3 nitrogen and oxygen atoms in total. The second kappa shape index (κ2) is 4.69. The molecule has 1 aromatic rings. The number of hydrogen-bond donors (Lipinski definition) is 1. The van der Waals surface area contributed by atoms with E-state index in [4.69, 9.17) is 0 Å². The Balaban J connectivity index is 1.90. The summed E-state index contributed by atoms with van der Waals surface area (Å²) in [4.78, 5) is 0. The first-order valence-electron chi connectivity index (χ1n) is 6.07. The van der Waals surface area contributed by atoms with Gasteiger partial charge in [0.15, 0.2) is 0 Å². The van der Waals surface area contributed by atoms with Crippen LogP contribution in [0.5, 0.6) is 0 Å². The molecule has 1 saturated carbocycles. The first kappa shape index (κ1) is 10.5. The molecule has 0 spiro atoms. The van der Waals surface area contributed by atoms with Gasteiger partial charge in [-0.05, 0) is 25.7 Å². The van der Waals surface area contributed by atoms with Crippen molar-refractivity contribution in [3.63, 3.8) is 0 Å². The smallest absolute Gasteiger partial charge is 0.0728 e. The van der Waals surface area contributed by atoms with Crippen molar-refractivity contribution in [2.24, 2.45) is 5.92 Å². The number of hydrogen-bond acceptors (Lipinski definition) is 2. The van der Waals surface area contributed by atoms with E-state index in [1.165, 1.54) is 31.4 Å². The molecular formula is C12H21N3. The molecule has 1 aliphatic carbocycles. The molecule has 1 aliphatic rings. The van der Waals surface area contributed by atoms with Crippen molar-refractivity contribution in [3.8, 4) is 0 Å². The fourth-order valence-corrected chi connectivity index (χ4v) is 2.41. The molecule has 2 rings (SSSR count). The third-order valence-electron chi connectivity index (χ3n) is 3.26. The number of rotatable bonds is 3. The summed E-state index contributed by atoms with van der Waals surface area (Å²) in [5.41, 5.74) is 1.18. The second-order valence-electron chi connectivity index (χ2n) is 4.70. The summed E-state index contributed by atoms with van der Waals surface area (Å²) in [6.07, 6.45) is 9.40. The summed E-state index contributed by atoms with van der Waals surface area (Å²) in [5.74, 6) is 0.873. The van der Waals surface area contributed by atoms with E-state index >= 15 is 0 Å². The first-order chi connectivity index (χ1) is 7.28. The van der Waals surface area contributed by atoms with E-state index < -0.39 is 0 Å². The van der Waals surface area contributed by atoms with Crippen molar-refractivity contribution in [1.29, 1.82) is 0 Å². The molecule has 15 heavy (non-hydrogen) atoms. The van der Waals surface area contributed by atoms with Gasteiger partial charge in [0, 0.05) is 18.8 Å². The summed E-state index contributed by atoms with van der Waals surface area (Å²) in [5, 5.41) is 7.86. The Hall–Kier alpha value is -0.990. The minimum absolute atomic E-state index is 0.656. The fraction of sp³-hybridized carbons (Fsp3) is 0.750. The minimum atomic E-state index is 0.656. The standard InChI is InChI=1S/C12H21N3/c1-3-15-9-12(8-13-15)14-11-6-4-5-10(2)7-11/h8-11,14H,3-7H2,1-2H3/t10-,11-/m0/s1. The molecular weight excluding hydrogens is 186 g/mol. The van der Waals surface area contributed by atoms with Crippen molar-refractivity contribution in [1.82, 2.24) is 9.78 Å². The maximum Gasteiger partial charge on any atom is 0.0728 e. The van der Waals surface area contributed by atoms with Crippen LogP contribution in [-0.2, 0) is 6.54 Å². The van der Waals surface area contributed by atoms with Crippen molar-refractivity contribution in [2.45, 2.75) is 52.1 Å². The zero-order chi connectivity index (χ0) is 10.7. The zero-order valence-corrected chi connectivity index (χ0v) is 9.74. The Bertz CT molecular complexity index is 306. The molecule has 0 amide bonds. The lowest BCUT2D eigenvalue weighted by molar-refractivity contribution is 0.358. The number of aryl methyl sites for hydroxylation is 1. The number of aromatic nitrogens is 2. The predicted octanol–water partition coefficient (Wildman–Crippen LogP) is 2.89. The van der Waals surface area contributed by atoms with E-state index in [0.717, 1.165) is 12.5 Å². The van der Waals surface area contributed by atoms with Gasteiger partial charge in [-0.25, -0.2) is 0 Å². The van der Waals surface area contributed by atoms with Crippen LogP contribution in [0.3, 0.4) is 0 Å². The third kappa shape index (κ3) is 2.74. The van der Waals surface area contributed by atoms with Gasteiger partial charge in [0.2, 0.25) is 0 Å². The zero-order valence-electron chi connectivity index (χ0n) is 9.74. The Morgan fingerprint density at radius 3 is 3.07 bits per heavy atom. The molecule has 0 saturated heterocycles. The Morgan fingerprint density at radius 1 is 1.53 bits per heavy atom. The van der Waals surface area contributed by atoms with Crippen LogP contribution in [0.2, 0.25) is 0 Å². The highest BCUT2D eigenvalue weighted by Gasteiger charge is 2.18. The van der Waals surface area contributed by atoms with Crippen molar-refractivity contribution in [3.05, 3.63) is 12.4 Å². The van der Waals surface area contributed by atoms with Crippen LogP contribution in [0.1, 0.15) is 39.5 Å². The molecule has 1 heterocycles. The summed E-state index contributed by atoms with van der Waals surface area (Å²) >= 11 is 0. The molecule has 1 N–H and O–H groups in total. The van der Waals surface area contributed by atoms with Gasteiger partial charge in [-0.15, -0.1) is 0 Å². The van der Waals surface area contributed by atoms with Crippen LogP contribution in [0.25, 0.3) is 0 Å². The number of nitrogens with zero attached hydrogens (tertiary/aromatic N) is 2. The minimum Gasteiger partial charge on any atom is -0.380 e. The molecule has 1 aromatic heterocycles. The van der Waals surface area contributed by atoms with Crippen molar-refractivity contribution in [2.75, 3.05) is 5.32 Å². The second-order valence-corrected chi connectivity index (χ2v) is 4.70. The first-order valence-corrected chi connectivity index (χ1v) is 6.07. The lowest BCUT2D eigenvalue weighted by atomic mass is 9.87. The quantitative estimate of drug-likeness (QED) is 0.826. The lowest BCUT2D eigenvalue weighted by Crippen LogP contribution is -2.25. The Labute approximate surface area is 91.9 Å². The van der Waals surface area contributed by atoms with Crippen LogP contribution in [0, 0.1) is 5.92 Å². The van der Waals surface area contributed by atoms with Crippen LogP contribution in [0.15, 0.2) is 12.4 Å². The van der Waals surface area contributed by atoms with Gasteiger partial charge in [0.05, 0.1) is 11.9 Å². The normalized spacial score (nSPS) is 26.5. The van der Waals surface area contributed by atoms with Crippen LogP contribution >= 0.6 is 0 Å². The largest absolute Gasteiger partial charge is 0.380 e. The van der Waals surface area contributed by atoms with Gasteiger partial charge in [0.1, 0.15) is 0 Å². The number of anilines is 1. The van der Waals surface area contributed by atoms with E-state index in [-0.39, 0.29) is 0 Å². The molecule has 1 fully saturated rings. The SMILES string of the molecule is CCn1cc(N[C@H]2CCC[C@H](C)C2)cn1. The predicted molar refractivity (Wildman–Crippen MR) is 62.9 cm³/mol. The Kier molecular flexibility index (Phi) is 3.29. The van der Waals surface area contributed by atoms with Gasteiger partial charge in [-0.1, -0.05) is 19.8 Å². The average Bonchev–Trinajstić information content (AvgIpc) is 2.65. The highest BCUT2D eigenvalue weighted by Crippen LogP contribution is 2.25. The van der Waals surface area contributed by atoms with E-state index in [0.29, 0.717) is 6.04 Å². The van der Waals surface area contributed by atoms with Crippen LogP contribution in [0.4, 0.5) is 5.69 Å². The van der Waals surface area contributed by atoms with Crippen LogP contribution in [-0.4, -0.2) is 15.8 Å². The van der Waals surface area contributed by atoms with Crippen molar-refractivity contribution >= 4 is 5.69 Å². The van der Waals surface area contributed by atoms with Crippen LogP contribution < -0.4 is 5.32 Å². The highest BCUT2D eigenvalue weighted by molar-refractivity contribution is 5.39. The maximum atomic E-state index is 4.27. The van der Waals surface area contributed by atoms with E-state index in [1.807, 2.05) is 10.9 Å². The summed E-state index contributed by atoms with van der Waals surface area (Å²) in [7, 11) is 0. The molecule has 0 radical (unpaired) electrons. The highest BCUT2D eigenvalue weighted by atomic mass is 15.3. The summed E-state index contributed by atoms with van der Waals surface area (Å²) in [6.45, 7) is 5.41.